The van der Waals surface area contributed by atoms with Gasteiger partial charge in [-0.3, -0.25) is 5.09 Å². The van der Waals surface area contributed by atoms with E-state index in [2.05, 4.69) is 11.0 Å². The van der Waals surface area contributed by atoms with E-state index in [0.717, 1.165) is 12.6 Å². The van der Waals surface area contributed by atoms with Crippen LogP contribution in [0.25, 0.3) is 0 Å². The fourth-order valence-corrected chi connectivity index (χ4v) is 3.56. The van der Waals surface area contributed by atoms with Crippen LogP contribution in [-0.2, 0) is 4.57 Å². The van der Waals surface area contributed by atoms with E-state index in [1.807, 2.05) is 0 Å². The minimum atomic E-state index is -2.02. The third-order valence-corrected chi connectivity index (χ3v) is 4.82. The maximum absolute atomic E-state index is 11.5. The summed E-state index contributed by atoms with van der Waals surface area (Å²) in [5, 5.41) is 2.86. The van der Waals surface area contributed by atoms with Crippen LogP contribution < -0.4 is 5.09 Å². The zero-order valence-electron chi connectivity index (χ0n) is 6.13. The molecule has 0 aromatic rings. The lowest BCUT2D eigenvalue weighted by Crippen LogP contribution is -2.05. The summed E-state index contributed by atoms with van der Waals surface area (Å²) in [5.74, 6) is 2.89. The molecule has 2 unspecified atom stereocenters. The first-order chi connectivity index (χ1) is 4.70. The van der Waals surface area contributed by atoms with Gasteiger partial charge in [0.15, 0.2) is 0 Å². The first-order valence-electron chi connectivity index (χ1n) is 3.43. The molecular formula is C7H12NOP. The Labute approximate surface area is 61.8 Å². The van der Waals surface area contributed by atoms with Gasteiger partial charge in [-0.05, 0) is 13.5 Å². The van der Waals surface area contributed by atoms with Gasteiger partial charge in [-0.25, -0.2) is 0 Å². The molecule has 3 heteroatoms. The van der Waals surface area contributed by atoms with Crippen molar-refractivity contribution in [1.29, 1.82) is 0 Å². The van der Waals surface area contributed by atoms with E-state index in [1.165, 1.54) is 0 Å². The lowest BCUT2D eigenvalue weighted by Gasteiger charge is -2.07. The van der Waals surface area contributed by atoms with Gasteiger partial charge in [0.2, 0.25) is 0 Å². The summed E-state index contributed by atoms with van der Waals surface area (Å²) in [7, 11) is -0.266. The minimum absolute atomic E-state index is 0.248. The van der Waals surface area contributed by atoms with Crippen molar-refractivity contribution in [3.8, 4) is 12.3 Å². The van der Waals surface area contributed by atoms with Crippen molar-refractivity contribution >= 4 is 7.29 Å². The molecule has 0 saturated carbocycles. The summed E-state index contributed by atoms with van der Waals surface area (Å²) >= 11 is 0. The van der Waals surface area contributed by atoms with Gasteiger partial charge in [0, 0.05) is 18.2 Å². The van der Waals surface area contributed by atoms with Gasteiger partial charge in [-0.2, -0.15) is 0 Å². The second kappa shape index (κ2) is 2.78. The standard InChI is InChI=1S/C7H12NOP/c1-3-7-4-5-10(9,6-7)8-2/h1,7H,4-6H2,2H3,(H,8,9). The Kier molecular flexibility index (Phi) is 2.18. The molecule has 0 aromatic carbocycles. The van der Waals surface area contributed by atoms with Crippen LogP contribution in [0.4, 0.5) is 0 Å². The molecule has 1 fully saturated rings. The van der Waals surface area contributed by atoms with Crippen LogP contribution in [0.2, 0.25) is 0 Å². The van der Waals surface area contributed by atoms with Crippen molar-refractivity contribution in [1.82, 2.24) is 5.09 Å². The highest BCUT2D eigenvalue weighted by Gasteiger charge is 2.31. The molecule has 10 heavy (non-hydrogen) atoms. The SMILES string of the molecule is C#CC1CCP(=O)(NC)C1. The summed E-state index contributed by atoms with van der Waals surface area (Å²) in [5.41, 5.74) is 0. The summed E-state index contributed by atoms with van der Waals surface area (Å²) in [6.07, 6.45) is 7.61. The van der Waals surface area contributed by atoms with Crippen LogP contribution >= 0.6 is 7.29 Å². The Hall–Kier alpha value is -0.250. The predicted octanol–water partition coefficient (Wildman–Crippen LogP) is 1.14. The number of rotatable bonds is 1. The maximum Gasteiger partial charge on any atom is 0.148 e. The zero-order chi connectivity index (χ0) is 7.61. The van der Waals surface area contributed by atoms with Crippen molar-refractivity contribution in [3.63, 3.8) is 0 Å². The smallest absolute Gasteiger partial charge is 0.148 e. The van der Waals surface area contributed by atoms with E-state index in [0.29, 0.717) is 6.16 Å². The lowest BCUT2D eigenvalue weighted by atomic mass is 10.1. The van der Waals surface area contributed by atoms with Crippen LogP contribution in [-0.4, -0.2) is 19.4 Å². The molecule has 2 atom stereocenters. The third-order valence-electron chi connectivity index (χ3n) is 2.00. The Morgan fingerprint density at radius 3 is 2.80 bits per heavy atom. The third kappa shape index (κ3) is 1.42. The number of hydrogen-bond donors (Lipinski definition) is 1. The van der Waals surface area contributed by atoms with E-state index in [4.69, 9.17) is 6.42 Å². The number of nitrogens with one attached hydrogen (secondary N) is 1. The fourth-order valence-electron chi connectivity index (χ4n) is 1.24. The molecular weight excluding hydrogens is 145 g/mol. The highest BCUT2D eigenvalue weighted by molar-refractivity contribution is 7.62. The Morgan fingerprint density at radius 2 is 2.50 bits per heavy atom. The molecule has 2 nitrogen and oxygen atoms in total. The van der Waals surface area contributed by atoms with Crippen molar-refractivity contribution in [2.45, 2.75) is 6.42 Å². The Bertz CT molecular complexity index is 206. The largest absolute Gasteiger partial charge is 0.307 e. The molecule has 0 amide bonds. The fraction of sp³-hybridized carbons (Fsp3) is 0.714. The van der Waals surface area contributed by atoms with Gasteiger partial charge in [-0.1, -0.05) is 0 Å². The van der Waals surface area contributed by atoms with E-state index in [1.54, 1.807) is 7.05 Å². The predicted molar refractivity (Wildman–Crippen MR) is 43.3 cm³/mol. The zero-order valence-corrected chi connectivity index (χ0v) is 7.03. The Balaban J connectivity index is 2.60. The molecule has 0 spiro atoms. The van der Waals surface area contributed by atoms with Crippen molar-refractivity contribution in [3.05, 3.63) is 0 Å². The van der Waals surface area contributed by atoms with Gasteiger partial charge in [0.05, 0.1) is 0 Å². The first kappa shape index (κ1) is 7.85. The van der Waals surface area contributed by atoms with Crippen molar-refractivity contribution < 1.29 is 4.57 Å². The van der Waals surface area contributed by atoms with Crippen LogP contribution in [0.15, 0.2) is 0 Å². The summed E-state index contributed by atoms with van der Waals surface area (Å²) < 4.78 is 11.5. The van der Waals surface area contributed by atoms with Crippen LogP contribution in [0.1, 0.15) is 6.42 Å². The lowest BCUT2D eigenvalue weighted by molar-refractivity contribution is 0.572. The van der Waals surface area contributed by atoms with Gasteiger partial charge >= 0.3 is 0 Å². The Morgan fingerprint density at radius 1 is 1.80 bits per heavy atom. The highest BCUT2D eigenvalue weighted by Crippen LogP contribution is 2.49. The molecule has 1 aliphatic heterocycles. The number of terminal acetylenes is 1. The molecule has 1 saturated heterocycles. The molecule has 1 heterocycles. The molecule has 1 rings (SSSR count). The monoisotopic (exact) mass is 157 g/mol. The molecule has 1 aliphatic rings. The van der Waals surface area contributed by atoms with Gasteiger partial charge < -0.3 is 4.57 Å². The van der Waals surface area contributed by atoms with E-state index in [-0.39, 0.29) is 5.92 Å². The normalized spacial score (nSPS) is 39.4. The quantitative estimate of drug-likeness (QED) is 0.456. The molecule has 56 valence electrons. The first-order valence-corrected chi connectivity index (χ1v) is 5.51. The highest BCUT2D eigenvalue weighted by atomic mass is 31.2. The van der Waals surface area contributed by atoms with Gasteiger partial charge in [0.25, 0.3) is 0 Å². The average molecular weight is 157 g/mol. The summed E-state index contributed by atoms with van der Waals surface area (Å²) in [4.78, 5) is 0. The van der Waals surface area contributed by atoms with Gasteiger partial charge in [0.1, 0.15) is 7.29 Å². The van der Waals surface area contributed by atoms with Crippen molar-refractivity contribution in [2.75, 3.05) is 19.4 Å². The van der Waals surface area contributed by atoms with E-state index < -0.39 is 7.29 Å². The summed E-state index contributed by atoms with van der Waals surface area (Å²) in [6.45, 7) is 0. The molecule has 0 bridgehead atoms. The van der Waals surface area contributed by atoms with Crippen LogP contribution in [0, 0.1) is 18.3 Å². The van der Waals surface area contributed by atoms with Crippen molar-refractivity contribution in [2.24, 2.45) is 5.92 Å². The molecule has 1 N–H and O–H groups in total. The minimum Gasteiger partial charge on any atom is -0.307 e. The molecule has 0 aliphatic carbocycles. The number of hydrogen-bond acceptors (Lipinski definition) is 1. The van der Waals surface area contributed by atoms with E-state index >= 15 is 0 Å². The van der Waals surface area contributed by atoms with E-state index in [9.17, 15) is 4.57 Å². The molecule has 0 radical (unpaired) electrons. The molecule has 0 aromatic heterocycles. The van der Waals surface area contributed by atoms with Crippen LogP contribution in [0.5, 0.6) is 0 Å². The van der Waals surface area contributed by atoms with Gasteiger partial charge in [-0.15, -0.1) is 12.3 Å². The maximum atomic E-state index is 11.5. The average Bonchev–Trinajstić information content (AvgIpc) is 2.33. The summed E-state index contributed by atoms with van der Waals surface area (Å²) in [6, 6.07) is 0. The second-order valence-electron chi connectivity index (χ2n) is 2.67. The second-order valence-corrected chi connectivity index (χ2v) is 5.71. The topological polar surface area (TPSA) is 29.1 Å². The van der Waals surface area contributed by atoms with Crippen LogP contribution in [0.3, 0.4) is 0 Å².